The van der Waals surface area contributed by atoms with E-state index in [9.17, 15) is 16.8 Å². The van der Waals surface area contributed by atoms with Crippen LogP contribution in [0.5, 0.6) is 0 Å². The SMILES string of the molecule is CC1CCS(=O)(=O)OS1(=O)=O. The van der Waals surface area contributed by atoms with Crippen LogP contribution in [-0.4, -0.2) is 27.8 Å². The summed E-state index contributed by atoms with van der Waals surface area (Å²) in [5.41, 5.74) is 0. The van der Waals surface area contributed by atoms with E-state index in [1.807, 2.05) is 0 Å². The fraction of sp³-hybridized carbons (Fsp3) is 1.00. The van der Waals surface area contributed by atoms with Gasteiger partial charge in [0.15, 0.2) is 0 Å². The van der Waals surface area contributed by atoms with E-state index in [1.54, 1.807) is 0 Å². The zero-order valence-corrected chi connectivity index (χ0v) is 7.48. The molecule has 0 N–H and O–H groups in total. The zero-order valence-electron chi connectivity index (χ0n) is 5.85. The van der Waals surface area contributed by atoms with Gasteiger partial charge in [0.05, 0.1) is 11.0 Å². The Morgan fingerprint density at radius 1 is 1.27 bits per heavy atom. The van der Waals surface area contributed by atoms with Crippen LogP contribution in [0.4, 0.5) is 0 Å². The minimum absolute atomic E-state index is 0.116. The standard InChI is InChI=1S/C4H8O5S2/c1-4-2-3-10(5,6)9-11(4,7)8/h4H,2-3H2,1H3. The molecule has 0 amide bonds. The average molecular weight is 200 g/mol. The first-order chi connectivity index (χ1) is 4.83. The van der Waals surface area contributed by atoms with E-state index >= 15 is 0 Å². The second kappa shape index (κ2) is 2.43. The molecule has 66 valence electrons. The Labute approximate surface area is 65.6 Å². The molecular weight excluding hydrogens is 192 g/mol. The van der Waals surface area contributed by atoms with Gasteiger partial charge in [-0.3, -0.25) is 0 Å². The van der Waals surface area contributed by atoms with Crippen molar-refractivity contribution in [2.75, 3.05) is 5.75 Å². The lowest BCUT2D eigenvalue weighted by molar-refractivity contribution is 0.438. The lowest BCUT2D eigenvalue weighted by Crippen LogP contribution is -2.32. The van der Waals surface area contributed by atoms with Crippen molar-refractivity contribution >= 4 is 20.2 Å². The minimum Gasteiger partial charge on any atom is -0.198 e. The summed E-state index contributed by atoms with van der Waals surface area (Å²) in [5, 5.41) is -0.717. The number of hydrogen-bond acceptors (Lipinski definition) is 5. The van der Waals surface area contributed by atoms with Crippen LogP contribution < -0.4 is 0 Å². The lowest BCUT2D eigenvalue weighted by atomic mass is 10.4. The second-order valence-corrected chi connectivity index (χ2v) is 6.28. The monoisotopic (exact) mass is 200 g/mol. The highest BCUT2D eigenvalue weighted by molar-refractivity contribution is 8.00. The minimum atomic E-state index is -3.86. The van der Waals surface area contributed by atoms with Gasteiger partial charge in [-0.25, -0.2) is 0 Å². The maximum Gasteiger partial charge on any atom is 0.284 e. The fourth-order valence-corrected chi connectivity index (χ4v) is 3.86. The summed E-state index contributed by atoms with van der Waals surface area (Å²) >= 11 is 0. The molecule has 0 spiro atoms. The molecule has 0 bridgehead atoms. The van der Waals surface area contributed by atoms with E-state index < -0.39 is 25.5 Å². The van der Waals surface area contributed by atoms with Gasteiger partial charge < -0.3 is 0 Å². The molecule has 1 fully saturated rings. The van der Waals surface area contributed by atoms with Crippen molar-refractivity contribution in [3.8, 4) is 0 Å². The van der Waals surface area contributed by atoms with Crippen LogP contribution in [0.2, 0.25) is 0 Å². The number of rotatable bonds is 0. The van der Waals surface area contributed by atoms with Crippen molar-refractivity contribution in [1.82, 2.24) is 0 Å². The van der Waals surface area contributed by atoms with Gasteiger partial charge in [-0.1, -0.05) is 0 Å². The molecule has 11 heavy (non-hydrogen) atoms. The van der Waals surface area contributed by atoms with Gasteiger partial charge in [0.1, 0.15) is 0 Å². The largest absolute Gasteiger partial charge is 0.284 e. The Hall–Kier alpha value is -0.140. The van der Waals surface area contributed by atoms with Gasteiger partial charge in [-0.2, -0.15) is 16.8 Å². The predicted octanol–water partition coefficient (Wildman–Crippen LogP) is -0.545. The number of hydrogen-bond donors (Lipinski definition) is 0. The van der Waals surface area contributed by atoms with Gasteiger partial charge in [0.2, 0.25) is 0 Å². The van der Waals surface area contributed by atoms with Crippen molar-refractivity contribution in [2.45, 2.75) is 18.6 Å². The van der Waals surface area contributed by atoms with Crippen molar-refractivity contribution < 1.29 is 20.5 Å². The topological polar surface area (TPSA) is 77.5 Å². The Morgan fingerprint density at radius 2 is 1.82 bits per heavy atom. The summed E-state index contributed by atoms with van der Waals surface area (Å²) in [6, 6.07) is 0. The van der Waals surface area contributed by atoms with Crippen LogP contribution in [-0.2, 0) is 23.9 Å². The van der Waals surface area contributed by atoms with Crippen molar-refractivity contribution in [1.29, 1.82) is 0 Å². The predicted molar refractivity (Wildman–Crippen MR) is 37.9 cm³/mol. The van der Waals surface area contributed by atoms with Gasteiger partial charge in [0.25, 0.3) is 20.2 Å². The van der Waals surface area contributed by atoms with Crippen LogP contribution >= 0.6 is 0 Å². The van der Waals surface area contributed by atoms with Gasteiger partial charge in [-0.05, 0) is 13.3 Å². The van der Waals surface area contributed by atoms with Crippen LogP contribution in [0.15, 0.2) is 0 Å². The van der Waals surface area contributed by atoms with Crippen LogP contribution in [0.3, 0.4) is 0 Å². The van der Waals surface area contributed by atoms with Gasteiger partial charge in [-0.15, -0.1) is 3.63 Å². The average Bonchev–Trinajstić information content (AvgIpc) is 1.77. The van der Waals surface area contributed by atoms with E-state index in [2.05, 4.69) is 3.63 Å². The highest BCUT2D eigenvalue weighted by atomic mass is 32.3. The molecule has 1 aliphatic rings. The zero-order chi connectivity index (χ0) is 8.70. The van der Waals surface area contributed by atoms with Crippen LogP contribution in [0, 0.1) is 0 Å². The molecule has 0 aromatic carbocycles. The molecule has 1 rings (SSSR count). The summed E-state index contributed by atoms with van der Waals surface area (Å²) in [6.07, 6.45) is 0.116. The Morgan fingerprint density at radius 3 is 2.18 bits per heavy atom. The summed E-state index contributed by atoms with van der Waals surface area (Å²) in [5.74, 6) is -0.215. The van der Waals surface area contributed by atoms with Crippen molar-refractivity contribution in [3.63, 3.8) is 0 Å². The molecule has 0 aromatic heterocycles. The normalized spacial score (nSPS) is 34.8. The van der Waals surface area contributed by atoms with Crippen molar-refractivity contribution in [3.05, 3.63) is 0 Å². The summed E-state index contributed by atoms with van der Waals surface area (Å²) in [4.78, 5) is 0. The highest BCUT2D eigenvalue weighted by Gasteiger charge is 2.34. The van der Waals surface area contributed by atoms with Gasteiger partial charge in [0, 0.05) is 0 Å². The summed E-state index contributed by atoms with van der Waals surface area (Å²) < 4.78 is 46.7. The molecule has 1 aliphatic heterocycles. The van der Waals surface area contributed by atoms with Crippen LogP contribution in [0.25, 0.3) is 0 Å². The molecule has 1 saturated heterocycles. The quantitative estimate of drug-likeness (QED) is 0.524. The third-order valence-electron chi connectivity index (χ3n) is 1.47. The third kappa shape index (κ3) is 1.91. The molecule has 1 atom stereocenters. The Kier molecular flexibility index (Phi) is 1.97. The first kappa shape index (κ1) is 8.95. The molecule has 1 unspecified atom stereocenters. The van der Waals surface area contributed by atoms with E-state index in [0.717, 1.165) is 0 Å². The summed E-state index contributed by atoms with van der Waals surface area (Å²) in [6.45, 7) is 1.42. The smallest absolute Gasteiger partial charge is 0.198 e. The molecule has 0 aromatic rings. The van der Waals surface area contributed by atoms with E-state index in [1.165, 1.54) is 6.92 Å². The van der Waals surface area contributed by atoms with Gasteiger partial charge >= 0.3 is 0 Å². The first-order valence-corrected chi connectivity index (χ1v) is 6.06. The molecular formula is C4H8O5S2. The van der Waals surface area contributed by atoms with E-state index in [-0.39, 0.29) is 12.2 Å². The second-order valence-electron chi connectivity index (χ2n) is 2.42. The van der Waals surface area contributed by atoms with Crippen LogP contribution in [0.1, 0.15) is 13.3 Å². The van der Waals surface area contributed by atoms with Crippen molar-refractivity contribution in [2.24, 2.45) is 0 Å². The molecule has 0 aliphatic carbocycles. The Bertz CT molecular complexity index is 337. The molecule has 7 heteroatoms. The third-order valence-corrected chi connectivity index (χ3v) is 5.01. The lowest BCUT2D eigenvalue weighted by Gasteiger charge is -2.17. The van der Waals surface area contributed by atoms with E-state index in [0.29, 0.717) is 0 Å². The highest BCUT2D eigenvalue weighted by Crippen LogP contribution is 2.19. The Balaban J connectivity index is 3.03. The summed E-state index contributed by atoms with van der Waals surface area (Å²) in [7, 11) is -7.67. The molecule has 1 heterocycles. The first-order valence-electron chi connectivity index (χ1n) is 3.01. The maximum atomic E-state index is 10.8. The maximum absolute atomic E-state index is 10.8. The van der Waals surface area contributed by atoms with E-state index in [4.69, 9.17) is 0 Å². The fourth-order valence-electron chi connectivity index (χ4n) is 0.700. The molecule has 5 nitrogen and oxygen atoms in total. The molecule has 0 radical (unpaired) electrons. The molecule has 0 saturated carbocycles.